The number of hydrogen-bond acceptors (Lipinski definition) is 5. The maximum atomic E-state index is 13.4. The van der Waals surface area contributed by atoms with Crippen LogP contribution in [0, 0.1) is 0 Å². The van der Waals surface area contributed by atoms with Crippen LogP contribution in [-0.2, 0) is 20.7 Å². The van der Waals surface area contributed by atoms with Gasteiger partial charge in [-0.1, -0.05) is 30.3 Å². The fraction of sp³-hybridized carbons (Fsp3) is 0.464. The Hall–Kier alpha value is -3.39. The van der Waals surface area contributed by atoms with E-state index in [0.29, 0.717) is 35.9 Å². The van der Waals surface area contributed by atoms with Gasteiger partial charge in [-0.15, -0.1) is 0 Å². The average molecular weight is 492 g/mol. The molecule has 0 spiro atoms. The summed E-state index contributed by atoms with van der Waals surface area (Å²) < 4.78 is 12.3. The Morgan fingerprint density at radius 1 is 1.03 bits per heavy atom. The zero-order chi connectivity index (χ0) is 25.1. The van der Waals surface area contributed by atoms with Crippen molar-refractivity contribution in [1.29, 1.82) is 0 Å². The summed E-state index contributed by atoms with van der Waals surface area (Å²) in [6.45, 7) is 0.287. The number of fused-ring (bicyclic) bond motifs is 2. The van der Waals surface area contributed by atoms with Gasteiger partial charge < -0.3 is 25.0 Å². The number of likely N-dealkylation sites (N-methyl/N-ethyl adjacent to an activating group) is 1. The van der Waals surface area contributed by atoms with E-state index in [-0.39, 0.29) is 49.0 Å². The van der Waals surface area contributed by atoms with E-state index >= 15 is 0 Å². The van der Waals surface area contributed by atoms with E-state index in [4.69, 9.17) is 9.47 Å². The molecule has 2 aromatic rings. The monoisotopic (exact) mass is 491 g/mol. The number of nitrogens with one attached hydrogen (secondary N) is 2. The maximum absolute atomic E-state index is 13.4. The predicted octanol–water partition coefficient (Wildman–Crippen LogP) is 3.31. The third-order valence-corrected chi connectivity index (χ3v) is 7.39. The van der Waals surface area contributed by atoms with Gasteiger partial charge in [0.15, 0.2) is 0 Å². The Kier molecular flexibility index (Phi) is 7.23. The minimum atomic E-state index is -0.312. The molecule has 1 aliphatic carbocycles. The van der Waals surface area contributed by atoms with Crippen molar-refractivity contribution in [3.8, 4) is 5.75 Å². The molecule has 2 aromatic carbocycles. The topological polar surface area (TPSA) is 97.0 Å². The first kappa shape index (κ1) is 24.3. The van der Waals surface area contributed by atoms with Crippen molar-refractivity contribution in [1.82, 2.24) is 10.2 Å². The van der Waals surface area contributed by atoms with Gasteiger partial charge in [0.1, 0.15) is 18.5 Å². The minimum Gasteiger partial charge on any atom is -0.490 e. The Morgan fingerprint density at radius 2 is 1.83 bits per heavy atom. The lowest BCUT2D eigenvalue weighted by Crippen LogP contribution is -2.54. The van der Waals surface area contributed by atoms with Gasteiger partial charge in [-0.25, -0.2) is 0 Å². The molecule has 3 amide bonds. The van der Waals surface area contributed by atoms with Crippen LogP contribution in [-0.4, -0.2) is 60.6 Å². The van der Waals surface area contributed by atoms with E-state index < -0.39 is 0 Å². The quantitative estimate of drug-likeness (QED) is 0.646. The number of nitrogens with zero attached hydrogens (tertiary/aromatic N) is 1. The molecule has 190 valence electrons. The molecule has 0 aromatic heterocycles. The summed E-state index contributed by atoms with van der Waals surface area (Å²) in [7, 11) is 1.78. The molecule has 3 atom stereocenters. The molecule has 1 saturated carbocycles. The van der Waals surface area contributed by atoms with Crippen LogP contribution in [0.4, 0.5) is 5.69 Å². The Morgan fingerprint density at radius 3 is 2.58 bits per heavy atom. The van der Waals surface area contributed by atoms with Crippen molar-refractivity contribution >= 4 is 23.4 Å². The van der Waals surface area contributed by atoms with Crippen molar-refractivity contribution in [3.63, 3.8) is 0 Å². The highest BCUT2D eigenvalue weighted by Crippen LogP contribution is 2.32. The number of ether oxygens (including phenoxy) is 2. The second-order valence-corrected chi connectivity index (χ2v) is 9.99. The summed E-state index contributed by atoms with van der Waals surface area (Å²) >= 11 is 0. The fourth-order valence-corrected chi connectivity index (χ4v) is 5.14. The van der Waals surface area contributed by atoms with Crippen LogP contribution in [0.15, 0.2) is 48.5 Å². The molecule has 2 aliphatic heterocycles. The molecule has 1 saturated heterocycles. The van der Waals surface area contributed by atoms with E-state index in [0.717, 1.165) is 24.8 Å². The van der Waals surface area contributed by atoms with E-state index in [1.807, 2.05) is 30.3 Å². The minimum absolute atomic E-state index is 0.0338. The number of carbonyl (C=O) groups excluding carboxylic acids is 3. The highest BCUT2D eigenvalue weighted by atomic mass is 16.5. The first-order chi connectivity index (χ1) is 17.5. The van der Waals surface area contributed by atoms with Crippen LogP contribution in [0.5, 0.6) is 5.75 Å². The molecule has 0 radical (unpaired) electrons. The zero-order valence-corrected chi connectivity index (χ0v) is 20.6. The molecule has 36 heavy (non-hydrogen) atoms. The number of rotatable bonds is 6. The van der Waals surface area contributed by atoms with Crippen molar-refractivity contribution in [2.45, 2.75) is 69.2 Å². The van der Waals surface area contributed by atoms with Crippen molar-refractivity contribution in [2.24, 2.45) is 0 Å². The van der Waals surface area contributed by atoms with Crippen LogP contribution in [0.2, 0.25) is 0 Å². The summed E-state index contributed by atoms with van der Waals surface area (Å²) in [5, 5.41) is 5.96. The molecule has 2 fully saturated rings. The third-order valence-electron chi connectivity index (χ3n) is 7.39. The molecule has 0 unspecified atom stereocenters. The van der Waals surface area contributed by atoms with Crippen LogP contribution >= 0.6 is 0 Å². The lowest BCUT2D eigenvalue weighted by Gasteiger charge is -2.42. The number of carbonyl (C=O) groups is 3. The Balaban J connectivity index is 1.23. The van der Waals surface area contributed by atoms with E-state index in [2.05, 4.69) is 10.6 Å². The van der Waals surface area contributed by atoms with E-state index in [1.165, 1.54) is 6.42 Å². The summed E-state index contributed by atoms with van der Waals surface area (Å²) in [5.41, 5.74) is 1.88. The second kappa shape index (κ2) is 10.7. The van der Waals surface area contributed by atoms with Crippen LogP contribution < -0.4 is 15.4 Å². The standard InChI is InChI=1S/C28H33N3O5/c1-31-23-12-11-21(16-27(33)29-19-8-5-9-19)36-25(23)17-35-24-13-10-20(15-22(24)28(31)34)30-26(32)14-18-6-3-2-4-7-18/h2-4,6-7,10,13,15,19,21,23,25H,5,8-9,11-12,14,16-17H2,1H3,(H,29,33)(H,30,32)/t21-,23+,25+/m0/s1. The normalized spacial score (nSPS) is 23.8. The molecule has 5 rings (SSSR count). The first-order valence-electron chi connectivity index (χ1n) is 12.8. The van der Waals surface area contributed by atoms with Crippen molar-refractivity contribution in [3.05, 3.63) is 59.7 Å². The van der Waals surface area contributed by atoms with Gasteiger partial charge >= 0.3 is 0 Å². The van der Waals surface area contributed by atoms with E-state index in [9.17, 15) is 14.4 Å². The van der Waals surface area contributed by atoms with Gasteiger partial charge in [0.05, 0.1) is 30.6 Å². The number of anilines is 1. The lowest BCUT2D eigenvalue weighted by molar-refractivity contribution is -0.135. The molecule has 8 nitrogen and oxygen atoms in total. The number of hydrogen-bond donors (Lipinski definition) is 2. The van der Waals surface area contributed by atoms with Crippen LogP contribution in [0.3, 0.4) is 0 Å². The zero-order valence-electron chi connectivity index (χ0n) is 20.6. The lowest BCUT2D eigenvalue weighted by atomic mass is 9.92. The maximum Gasteiger partial charge on any atom is 0.257 e. The third kappa shape index (κ3) is 5.54. The van der Waals surface area contributed by atoms with Crippen molar-refractivity contribution in [2.75, 3.05) is 19.0 Å². The first-order valence-corrected chi connectivity index (χ1v) is 12.8. The summed E-state index contributed by atoms with van der Waals surface area (Å²) in [6.07, 6.45) is 4.83. The summed E-state index contributed by atoms with van der Waals surface area (Å²) in [4.78, 5) is 40.0. The highest BCUT2D eigenvalue weighted by molar-refractivity contribution is 6.00. The largest absolute Gasteiger partial charge is 0.490 e. The van der Waals surface area contributed by atoms with Crippen molar-refractivity contribution < 1.29 is 23.9 Å². The van der Waals surface area contributed by atoms with Gasteiger partial charge in [0, 0.05) is 18.8 Å². The second-order valence-electron chi connectivity index (χ2n) is 9.99. The fourth-order valence-electron chi connectivity index (χ4n) is 5.14. The van der Waals surface area contributed by atoms with Crippen LogP contribution in [0.25, 0.3) is 0 Å². The Bertz CT molecular complexity index is 1120. The molecule has 3 aliphatic rings. The van der Waals surface area contributed by atoms with Gasteiger partial charge in [-0.2, -0.15) is 0 Å². The summed E-state index contributed by atoms with van der Waals surface area (Å²) in [6, 6.07) is 14.8. The van der Waals surface area contributed by atoms with Crippen LogP contribution in [0.1, 0.15) is 54.4 Å². The predicted molar refractivity (Wildman–Crippen MR) is 135 cm³/mol. The molecule has 2 N–H and O–H groups in total. The van der Waals surface area contributed by atoms with Gasteiger partial charge in [0.25, 0.3) is 5.91 Å². The van der Waals surface area contributed by atoms with Gasteiger partial charge in [0.2, 0.25) is 11.8 Å². The van der Waals surface area contributed by atoms with Gasteiger partial charge in [-0.05, 0) is 55.9 Å². The van der Waals surface area contributed by atoms with E-state index in [1.54, 1.807) is 30.1 Å². The number of benzene rings is 2. The highest BCUT2D eigenvalue weighted by Gasteiger charge is 2.39. The molecular weight excluding hydrogens is 458 g/mol. The average Bonchev–Trinajstić information content (AvgIpc) is 2.84. The Labute approximate surface area is 211 Å². The SMILES string of the molecule is CN1C(=O)c2cc(NC(=O)Cc3ccccc3)ccc2OC[C@H]2O[C@H](CC(=O)NC3CCC3)CC[C@H]21. The van der Waals surface area contributed by atoms with Gasteiger partial charge in [-0.3, -0.25) is 14.4 Å². The smallest absolute Gasteiger partial charge is 0.257 e. The molecule has 0 bridgehead atoms. The summed E-state index contributed by atoms with van der Waals surface area (Å²) in [5.74, 6) is 0.164. The molecule has 2 heterocycles. The number of amides is 3. The molecule has 8 heteroatoms. The molecular formula is C28H33N3O5.